The Morgan fingerprint density at radius 1 is 1.04 bits per heavy atom. The molecule has 6 nitrogen and oxygen atoms in total. The number of benzene rings is 2. The lowest BCUT2D eigenvalue weighted by atomic mass is 10.2. The van der Waals surface area contributed by atoms with E-state index in [0.717, 1.165) is 45.2 Å². The summed E-state index contributed by atoms with van der Waals surface area (Å²) in [4.78, 5) is 4.38. The lowest BCUT2D eigenvalue weighted by molar-refractivity contribution is 0.174. The van der Waals surface area contributed by atoms with Crippen LogP contribution in [0.3, 0.4) is 0 Å². The molecule has 0 atom stereocenters. The minimum atomic E-state index is 0.277. The molecule has 0 fully saturated rings. The van der Waals surface area contributed by atoms with E-state index in [1.165, 1.54) is 0 Å². The van der Waals surface area contributed by atoms with Crippen molar-refractivity contribution in [2.45, 2.75) is 13.8 Å². The molecule has 1 aliphatic rings. The summed E-state index contributed by atoms with van der Waals surface area (Å²) in [5.74, 6) is 1.56. The minimum Gasteiger partial charge on any atom is -0.454 e. The molecule has 1 aliphatic heterocycles. The van der Waals surface area contributed by atoms with Gasteiger partial charge < -0.3 is 14.0 Å². The van der Waals surface area contributed by atoms with Crippen molar-refractivity contribution in [2.75, 3.05) is 6.79 Å². The van der Waals surface area contributed by atoms with Gasteiger partial charge in [-0.15, -0.1) is 0 Å². The Hall–Kier alpha value is -3.54. The molecule has 5 rings (SSSR count). The molecule has 2 aromatic carbocycles. The summed E-state index contributed by atoms with van der Waals surface area (Å²) in [5, 5.41) is 4.60. The van der Waals surface area contributed by atoms with Crippen LogP contribution in [0.15, 0.2) is 60.0 Å². The number of hydrogen-bond acceptors (Lipinski definition) is 4. The van der Waals surface area contributed by atoms with Crippen molar-refractivity contribution in [3.63, 3.8) is 0 Å². The van der Waals surface area contributed by atoms with E-state index in [-0.39, 0.29) is 6.79 Å². The Bertz CT molecular complexity index is 1190. The molecule has 0 amide bonds. The first kappa shape index (κ1) is 15.7. The Labute approximate surface area is 156 Å². The van der Waals surface area contributed by atoms with Crippen LogP contribution in [0.4, 0.5) is 0 Å². The molecule has 0 bridgehead atoms. The van der Waals surface area contributed by atoms with E-state index in [9.17, 15) is 0 Å². The van der Waals surface area contributed by atoms with Gasteiger partial charge in [0.2, 0.25) is 6.79 Å². The normalized spacial score (nSPS) is 13.1. The zero-order valence-corrected chi connectivity index (χ0v) is 15.1. The molecule has 4 aromatic rings. The van der Waals surface area contributed by atoms with Crippen LogP contribution in [-0.4, -0.2) is 27.2 Å². The van der Waals surface area contributed by atoms with Gasteiger partial charge in [-0.1, -0.05) is 12.1 Å². The van der Waals surface area contributed by atoms with Gasteiger partial charge in [0.25, 0.3) is 0 Å². The molecule has 3 heterocycles. The van der Waals surface area contributed by atoms with Crippen molar-refractivity contribution in [1.82, 2.24) is 14.2 Å². The van der Waals surface area contributed by atoms with E-state index in [1.807, 2.05) is 48.7 Å². The SMILES string of the molecule is Cc1cc(/C=N\n2cnc3ccccc32)c(C)n1-c1ccc2c(c1)OCO2. The van der Waals surface area contributed by atoms with E-state index in [2.05, 4.69) is 34.6 Å². The molecule has 134 valence electrons. The van der Waals surface area contributed by atoms with Crippen molar-refractivity contribution in [3.8, 4) is 17.2 Å². The van der Waals surface area contributed by atoms with Gasteiger partial charge in [0.05, 0.1) is 17.2 Å². The fraction of sp³-hybridized carbons (Fsp3) is 0.143. The molecule has 6 heteroatoms. The first-order valence-corrected chi connectivity index (χ1v) is 8.76. The first-order chi connectivity index (χ1) is 13.2. The zero-order valence-electron chi connectivity index (χ0n) is 15.1. The second-order valence-electron chi connectivity index (χ2n) is 6.52. The largest absolute Gasteiger partial charge is 0.454 e. The quantitative estimate of drug-likeness (QED) is 0.519. The topological polar surface area (TPSA) is 53.6 Å². The fourth-order valence-electron chi connectivity index (χ4n) is 3.50. The number of hydrogen-bond donors (Lipinski definition) is 0. The summed E-state index contributed by atoms with van der Waals surface area (Å²) < 4.78 is 14.9. The minimum absolute atomic E-state index is 0.277. The third kappa shape index (κ3) is 2.57. The maximum absolute atomic E-state index is 5.51. The lowest BCUT2D eigenvalue weighted by Crippen LogP contribution is -2.00. The van der Waals surface area contributed by atoms with Crippen molar-refractivity contribution in [1.29, 1.82) is 0 Å². The van der Waals surface area contributed by atoms with E-state index in [0.29, 0.717) is 0 Å². The van der Waals surface area contributed by atoms with E-state index in [1.54, 1.807) is 11.0 Å². The van der Waals surface area contributed by atoms with Gasteiger partial charge in [0, 0.05) is 28.7 Å². The number of fused-ring (bicyclic) bond motifs is 2. The van der Waals surface area contributed by atoms with Gasteiger partial charge >= 0.3 is 0 Å². The van der Waals surface area contributed by atoms with Gasteiger partial charge in [-0.2, -0.15) is 5.10 Å². The zero-order chi connectivity index (χ0) is 18.4. The fourth-order valence-corrected chi connectivity index (χ4v) is 3.50. The molecular weight excluding hydrogens is 340 g/mol. The van der Waals surface area contributed by atoms with Crippen LogP contribution in [0.5, 0.6) is 11.5 Å². The van der Waals surface area contributed by atoms with Crippen molar-refractivity contribution in [3.05, 3.63) is 71.8 Å². The Balaban J connectivity index is 1.52. The summed E-state index contributed by atoms with van der Waals surface area (Å²) in [5.41, 5.74) is 6.26. The average Bonchev–Trinajstić information content (AvgIpc) is 3.37. The standard InChI is InChI=1S/C21H18N4O2/c1-14-9-16(11-23-24-12-22-18-5-3-4-6-19(18)24)15(2)25(14)17-7-8-20-21(10-17)27-13-26-20/h3-12H,13H2,1-2H3/b23-11-. The summed E-state index contributed by atoms with van der Waals surface area (Å²) >= 11 is 0. The summed E-state index contributed by atoms with van der Waals surface area (Å²) in [7, 11) is 0. The highest BCUT2D eigenvalue weighted by Crippen LogP contribution is 2.34. The molecule has 27 heavy (non-hydrogen) atoms. The van der Waals surface area contributed by atoms with Gasteiger partial charge in [-0.05, 0) is 44.2 Å². The van der Waals surface area contributed by atoms with Crippen LogP contribution in [-0.2, 0) is 0 Å². The number of nitrogens with zero attached hydrogens (tertiary/aromatic N) is 4. The second-order valence-corrected chi connectivity index (χ2v) is 6.52. The molecule has 0 aliphatic carbocycles. The molecule has 0 spiro atoms. The predicted octanol–water partition coefficient (Wildman–Crippen LogP) is 4.05. The Morgan fingerprint density at radius 3 is 2.81 bits per heavy atom. The Morgan fingerprint density at radius 2 is 1.89 bits per heavy atom. The number of aromatic nitrogens is 3. The van der Waals surface area contributed by atoms with E-state index < -0.39 is 0 Å². The summed E-state index contributed by atoms with van der Waals surface area (Å²) in [6.07, 6.45) is 3.61. The van der Waals surface area contributed by atoms with Crippen LogP contribution in [0, 0.1) is 13.8 Å². The van der Waals surface area contributed by atoms with Crippen LogP contribution >= 0.6 is 0 Å². The molecular formula is C21H18N4O2. The predicted molar refractivity (Wildman–Crippen MR) is 104 cm³/mol. The average molecular weight is 358 g/mol. The van der Waals surface area contributed by atoms with Crippen LogP contribution in [0.25, 0.3) is 16.7 Å². The third-order valence-electron chi connectivity index (χ3n) is 4.84. The highest BCUT2D eigenvalue weighted by molar-refractivity contribution is 5.83. The smallest absolute Gasteiger partial charge is 0.231 e. The number of para-hydroxylation sites is 2. The highest BCUT2D eigenvalue weighted by atomic mass is 16.7. The van der Waals surface area contributed by atoms with E-state index >= 15 is 0 Å². The molecule has 0 saturated carbocycles. The van der Waals surface area contributed by atoms with Crippen molar-refractivity contribution < 1.29 is 9.47 Å². The van der Waals surface area contributed by atoms with E-state index in [4.69, 9.17) is 9.47 Å². The van der Waals surface area contributed by atoms with Crippen molar-refractivity contribution >= 4 is 17.2 Å². The molecule has 2 aromatic heterocycles. The van der Waals surface area contributed by atoms with Gasteiger partial charge in [-0.3, -0.25) is 0 Å². The first-order valence-electron chi connectivity index (χ1n) is 8.76. The van der Waals surface area contributed by atoms with Crippen LogP contribution < -0.4 is 9.47 Å². The van der Waals surface area contributed by atoms with Gasteiger partial charge in [0.15, 0.2) is 11.5 Å². The molecule has 0 unspecified atom stereocenters. The molecule has 0 saturated heterocycles. The maximum atomic E-state index is 5.51. The number of imidazole rings is 1. The number of ether oxygens (including phenoxy) is 2. The monoisotopic (exact) mass is 358 g/mol. The maximum Gasteiger partial charge on any atom is 0.231 e. The summed E-state index contributed by atoms with van der Waals surface area (Å²) in [6, 6.07) is 16.1. The summed E-state index contributed by atoms with van der Waals surface area (Å²) in [6.45, 7) is 4.45. The van der Waals surface area contributed by atoms with Gasteiger partial charge in [-0.25, -0.2) is 9.66 Å². The van der Waals surface area contributed by atoms with Crippen LogP contribution in [0.1, 0.15) is 17.0 Å². The number of aryl methyl sites for hydroxylation is 1. The van der Waals surface area contributed by atoms with Crippen LogP contribution in [0.2, 0.25) is 0 Å². The third-order valence-corrected chi connectivity index (χ3v) is 4.84. The highest BCUT2D eigenvalue weighted by Gasteiger charge is 2.16. The Kier molecular flexibility index (Phi) is 3.50. The number of rotatable bonds is 3. The van der Waals surface area contributed by atoms with Gasteiger partial charge in [0.1, 0.15) is 6.33 Å². The molecule has 0 N–H and O–H groups in total. The lowest BCUT2D eigenvalue weighted by Gasteiger charge is -2.10. The van der Waals surface area contributed by atoms with Crippen molar-refractivity contribution in [2.24, 2.45) is 5.10 Å². The molecule has 0 radical (unpaired) electrons. The second kappa shape index (κ2) is 6.02.